The Morgan fingerprint density at radius 3 is 2.38 bits per heavy atom. The Hall–Kier alpha value is -1.54. The molecule has 0 heterocycles. The van der Waals surface area contributed by atoms with Crippen LogP contribution in [0.15, 0.2) is 17.0 Å². The van der Waals surface area contributed by atoms with E-state index in [9.17, 15) is 22.0 Å². The van der Waals surface area contributed by atoms with Crippen LogP contribution in [0.5, 0.6) is 0 Å². The molecule has 0 spiro atoms. The van der Waals surface area contributed by atoms with Gasteiger partial charge in [-0.1, -0.05) is 0 Å². The second-order valence-corrected chi connectivity index (χ2v) is 4.67. The van der Waals surface area contributed by atoms with E-state index >= 15 is 0 Å². The molecule has 0 aromatic heterocycles. The number of hydrogen-bond donors (Lipinski definition) is 2. The monoisotopic (exact) mass is 251 g/mol. The number of sulfonamides is 1. The minimum Gasteiger partial charge on any atom is -0.478 e. The first-order valence-electron chi connectivity index (χ1n) is 3.95. The van der Waals surface area contributed by atoms with Gasteiger partial charge in [0.05, 0.1) is 10.5 Å². The van der Waals surface area contributed by atoms with E-state index < -0.39 is 38.1 Å². The summed E-state index contributed by atoms with van der Waals surface area (Å²) >= 11 is 0. The Morgan fingerprint density at radius 1 is 1.38 bits per heavy atom. The van der Waals surface area contributed by atoms with Gasteiger partial charge in [-0.3, -0.25) is 0 Å². The molecule has 16 heavy (non-hydrogen) atoms. The van der Waals surface area contributed by atoms with Crippen LogP contribution in [0.25, 0.3) is 0 Å². The van der Waals surface area contributed by atoms with E-state index in [2.05, 4.69) is 0 Å². The summed E-state index contributed by atoms with van der Waals surface area (Å²) in [6, 6.07) is 0.959. The summed E-state index contributed by atoms with van der Waals surface area (Å²) in [5, 5.41) is 8.53. The van der Waals surface area contributed by atoms with Gasteiger partial charge in [-0.25, -0.2) is 26.7 Å². The largest absolute Gasteiger partial charge is 0.478 e. The van der Waals surface area contributed by atoms with Crippen molar-refractivity contribution in [3.8, 4) is 0 Å². The molecule has 88 valence electrons. The van der Waals surface area contributed by atoms with Gasteiger partial charge >= 0.3 is 5.97 Å². The number of hydrogen-bond acceptors (Lipinski definition) is 3. The molecule has 8 heteroatoms. The third-order valence-corrected chi connectivity index (χ3v) is 3.20. The van der Waals surface area contributed by atoms with Gasteiger partial charge in [-0.2, -0.15) is 0 Å². The Kier molecular flexibility index (Phi) is 3.24. The molecule has 1 rings (SSSR count). The smallest absolute Gasteiger partial charge is 0.338 e. The minimum absolute atomic E-state index is 0.410. The molecule has 0 radical (unpaired) electrons. The maximum atomic E-state index is 13.0. The Bertz CT molecular complexity index is 541. The van der Waals surface area contributed by atoms with E-state index in [0.29, 0.717) is 12.1 Å². The van der Waals surface area contributed by atoms with Gasteiger partial charge < -0.3 is 5.11 Å². The highest BCUT2D eigenvalue weighted by molar-refractivity contribution is 7.89. The highest BCUT2D eigenvalue weighted by Gasteiger charge is 2.21. The number of aromatic carboxylic acids is 1. The number of rotatable bonds is 3. The molecule has 0 amide bonds. The molecule has 0 fully saturated rings. The van der Waals surface area contributed by atoms with Crippen LogP contribution in [0.2, 0.25) is 0 Å². The van der Waals surface area contributed by atoms with Crippen molar-refractivity contribution >= 4 is 16.0 Å². The highest BCUT2D eigenvalue weighted by Crippen LogP contribution is 2.18. The average molecular weight is 251 g/mol. The lowest BCUT2D eigenvalue weighted by atomic mass is 10.2. The zero-order valence-corrected chi connectivity index (χ0v) is 8.81. The third-order valence-electron chi connectivity index (χ3n) is 1.81. The number of carboxylic acids is 1. The maximum absolute atomic E-state index is 13.0. The van der Waals surface area contributed by atoms with Gasteiger partial charge in [0.2, 0.25) is 10.0 Å². The van der Waals surface area contributed by atoms with E-state index in [4.69, 9.17) is 5.11 Å². The van der Waals surface area contributed by atoms with Crippen LogP contribution in [0.1, 0.15) is 10.4 Å². The fraction of sp³-hybridized carbons (Fsp3) is 0.125. The lowest BCUT2D eigenvalue weighted by molar-refractivity contribution is 0.0690. The fourth-order valence-electron chi connectivity index (χ4n) is 0.993. The fourth-order valence-corrected chi connectivity index (χ4v) is 1.76. The second-order valence-electron chi connectivity index (χ2n) is 2.78. The zero-order chi connectivity index (χ0) is 12.5. The summed E-state index contributed by atoms with van der Waals surface area (Å²) in [6.45, 7) is 0. The summed E-state index contributed by atoms with van der Waals surface area (Å²) in [4.78, 5) is 9.87. The molecule has 5 nitrogen and oxygen atoms in total. The molecule has 2 N–H and O–H groups in total. The van der Waals surface area contributed by atoms with Crippen molar-refractivity contribution in [3.63, 3.8) is 0 Å². The summed E-state index contributed by atoms with van der Waals surface area (Å²) < 4.78 is 50.2. The summed E-state index contributed by atoms with van der Waals surface area (Å²) in [5.74, 6) is -4.87. The van der Waals surface area contributed by atoms with Crippen molar-refractivity contribution in [1.29, 1.82) is 0 Å². The van der Waals surface area contributed by atoms with Gasteiger partial charge in [-0.15, -0.1) is 0 Å². The van der Waals surface area contributed by atoms with Crippen LogP contribution in [0.3, 0.4) is 0 Å². The summed E-state index contributed by atoms with van der Waals surface area (Å²) in [5.41, 5.74) is -1.03. The van der Waals surface area contributed by atoms with E-state index in [1.165, 1.54) is 0 Å². The Balaban J connectivity index is 3.53. The van der Waals surface area contributed by atoms with Crippen molar-refractivity contribution in [1.82, 2.24) is 4.72 Å². The number of halogens is 2. The lowest BCUT2D eigenvalue weighted by Crippen LogP contribution is -2.20. The van der Waals surface area contributed by atoms with E-state index in [0.717, 1.165) is 7.05 Å². The highest BCUT2D eigenvalue weighted by atomic mass is 32.2. The molecule has 0 aliphatic heterocycles. The van der Waals surface area contributed by atoms with E-state index in [-0.39, 0.29) is 0 Å². The van der Waals surface area contributed by atoms with Gasteiger partial charge in [0.1, 0.15) is 0 Å². The maximum Gasteiger partial charge on any atom is 0.338 e. The van der Waals surface area contributed by atoms with Gasteiger partial charge in [0, 0.05) is 0 Å². The summed E-state index contributed by atoms with van der Waals surface area (Å²) in [7, 11) is -2.95. The zero-order valence-electron chi connectivity index (χ0n) is 7.99. The molecule has 0 bridgehead atoms. The first kappa shape index (κ1) is 12.5. The predicted molar refractivity (Wildman–Crippen MR) is 49.6 cm³/mol. The van der Waals surface area contributed by atoms with Crippen LogP contribution in [-0.2, 0) is 10.0 Å². The molecule has 0 saturated carbocycles. The van der Waals surface area contributed by atoms with Gasteiger partial charge in [-0.05, 0) is 19.2 Å². The predicted octanol–water partition coefficient (Wildman–Crippen LogP) is 0.571. The molecule has 0 aliphatic carbocycles. The molecular formula is C8H7F2NO4S. The Morgan fingerprint density at radius 2 is 1.94 bits per heavy atom. The molecule has 0 unspecified atom stereocenters. The first-order valence-corrected chi connectivity index (χ1v) is 5.44. The van der Waals surface area contributed by atoms with Crippen LogP contribution < -0.4 is 4.72 Å². The quantitative estimate of drug-likeness (QED) is 0.822. The standard InChI is InChI=1S/C8H7F2NO4S/c1-11-16(14,15)4-2-5(8(12)13)7(10)6(9)3-4/h2-3,11H,1H3,(H,12,13). The molecule has 1 aromatic carbocycles. The average Bonchev–Trinajstić information content (AvgIpc) is 2.21. The number of carbonyl (C=O) groups is 1. The molecule has 1 aromatic rings. The number of benzene rings is 1. The van der Waals surface area contributed by atoms with Crippen molar-refractivity contribution in [2.45, 2.75) is 4.90 Å². The number of carboxylic acid groups (broad SMARTS) is 1. The normalized spacial score (nSPS) is 11.4. The lowest BCUT2D eigenvalue weighted by Gasteiger charge is -2.05. The van der Waals surface area contributed by atoms with Crippen molar-refractivity contribution in [2.75, 3.05) is 7.05 Å². The molecule has 0 aliphatic rings. The van der Waals surface area contributed by atoms with Crippen LogP contribution in [0.4, 0.5) is 8.78 Å². The SMILES string of the molecule is CNS(=O)(=O)c1cc(F)c(F)c(C(=O)O)c1. The molecule has 0 saturated heterocycles. The topological polar surface area (TPSA) is 83.5 Å². The second kappa shape index (κ2) is 4.14. The Labute approximate surface area is 89.8 Å². The van der Waals surface area contributed by atoms with Crippen LogP contribution in [-0.4, -0.2) is 26.5 Å². The van der Waals surface area contributed by atoms with Gasteiger partial charge in [0.25, 0.3) is 0 Å². The minimum atomic E-state index is -4.01. The molecule has 0 atom stereocenters. The third kappa shape index (κ3) is 2.17. The van der Waals surface area contributed by atoms with Crippen molar-refractivity contribution in [2.24, 2.45) is 0 Å². The number of nitrogens with one attached hydrogen (secondary N) is 1. The van der Waals surface area contributed by atoms with Crippen LogP contribution in [0, 0.1) is 11.6 Å². The molecular weight excluding hydrogens is 244 g/mol. The van der Waals surface area contributed by atoms with Crippen LogP contribution >= 0.6 is 0 Å². The van der Waals surface area contributed by atoms with Crippen molar-refractivity contribution < 1.29 is 27.1 Å². The van der Waals surface area contributed by atoms with E-state index in [1.807, 2.05) is 4.72 Å². The van der Waals surface area contributed by atoms with E-state index in [1.54, 1.807) is 0 Å². The summed E-state index contributed by atoms with van der Waals surface area (Å²) in [6.07, 6.45) is 0. The van der Waals surface area contributed by atoms with Crippen molar-refractivity contribution in [3.05, 3.63) is 29.3 Å². The first-order chi connectivity index (χ1) is 7.29. The van der Waals surface area contributed by atoms with Gasteiger partial charge in [0.15, 0.2) is 11.6 Å².